The van der Waals surface area contributed by atoms with Gasteiger partial charge < -0.3 is 31.2 Å². The number of thiazole rings is 1. The number of aromatic nitrogens is 1. The van der Waals surface area contributed by atoms with Crippen molar-refractivity contribution >= 4 is 54.3 Å². The summed E-state index contributed by atoms with van der Waals surface area (Å²) in [5.74, 6) is 0.878. The summed E-state index contributed by atoms with van der Waals surface area (Å²) in [7, 11) is 0. The number of carbonyl (C=O) groups excluding carboxylic acids is 1. The lowest BCUT2D eigenvalue weighted by atomic mass is 10.0. The zero-order valence-corrected chi connectivity index (χ0v) is 23.2. The van der Waals surface area contributed by atoms with Crippen LogP contribution in [0.4, 0.5) is 5.13 Å². The molecule has 39 heavy (non-hydrogen) atoms. The minimum Gasteiger partial charge on any atom is -1.00 e. The van der Waals surface area contributed by atoms with Crippen molar-refractivity contribution in [3.63, 3.8) is 0 Å². The van der Waals surface area contributed by atoms with Gasteiger partial charge in [-0.05, 0) is 36.0 Å². The summed E-state index contributed by atoms with van der Waals surface area (Å²) >= 11 is 1.39. The van der Waals surface area contributed by atoms with E-state index < -0.39 is 11.5 Å². The minimum atomic E-state index is -0.663. The van der Waals surface area contributed by atoms with E-state index in [1.165, 1.54) is 11.3 Å². The molecule has 0 unspecified atom stereocenters. The van der Waals surface area contributed by atoms with Crippen molar-refractivity contribution < 1.29 is 31.1 Å². The summed E-state index contributed by atoms with van der Waals surface area (Å²) in [6.45, 7) is 7.86. The Labute approximate surface area is 235 Å². The Kier molecular flexibility index (Phi) is 7.74. The molecule has 1 aliphatic rings. The van der Waals surface area contributed by atoms with E-state index in [-0.39, 0.29) is 18.0 Å². The van der Waals surface area contributed by atoms with Crippen LogP contribution in [0.3, 0.4) is 0 Å². The number of benzene rings is 3. The lowest BCUT2D eigenvalue weighted by Crippen LogP contribution is -3.00. The van der Waals surface area contributed by atoms with E-state index in [2.05, 4.69) is 18.7 Å². The molecular weight excluding hydrogens is 538 g/mol. The van der Waals surface area contributed by atoms with Crippen LogP contribution in [-0.4, -0.2) is 55.2 Å². The maximum absolute atomic E-state index is 14.0. The molecule has 0 spiro atoms. The second-order valence-electron chi connectivity index (χ2n) is 9.09. The molecule has 6 rings (SSSR count). The van der Waals surface area contributed by atoms with Crippen LogP contribution >= 0.6 is 11.3 Å². The maximum Gasteiger partial charge on any atom is 0.349 e. The van der Waals surface area contributed by atoms with Gasteiger partial charge in [-0.3, -0.25) is 9.69 Å². The maximum atomic E-state index is 14.0. The van der Waals surface area contributed by atoms with Gasteiger partial charge in [0.25, 0.3) is 5.91 Å². The average Bonchev–Trinajstić information content (AvgIpc) is 3.35. The molecule has 2 aromatic heterocycles. The molecule has 1 aliphatic heterocycles. The number of hydrogen-bond acceptors (Lipinski definition) is 8. The molecule has 0 N–H and O–H groups in total. The third-order valence-corrected chi connectivity index (χ3v) is 7.96. The highest BCUT2D eigenvalue weighted by atomic mass is 35.5. The van der Waals surface area contributed by atoms with Crippen LogP contribution in [0.1, 0.15) is 24.2 Å². The van der Waals surface area contributed by atoms with E-state index in [1.807, 2.05) is 42.5 Å². The van der Waals surface area contributed by atoms with Gasteiger partial charge in [-0.15, -0.1) is 0 Å². The summed E-state index contributed by atoms with van der Waals surface area (Å²) < 4.78 is 18.0. The zero-order chi connectivity index (χ0) is 26.2. The van der Waals surface area contributed by atoms with Gasteiger partial charge in [0.1, 0.15) is 24.4 Å². The van der Waals surface area contributed by atoms with Gasteiger partial charge in [0.15, 0.2) is 16.6 Å². The second-order valence-corrected chi connectivity index (χ2v) is 10.1. The summed E-state index contributed by atoms with van der Waals surface area (Å²) in [6, 6.07) is 16.9. The number of amides is 1. The first-order valence-corrected chi connectivity index (χ1v) is 13.6. The average molecular weight is 565 g/mol. The molecule has 3 aromatic carbocycles. The first-order valence-electron chi connectivity index (χ1n) is 12.8. The lowest BCUT2D eigenvalue weighted by Gasteiger charge is -2.24. The molecular formula is C29H27ClN3O5S-. The summed E-state index contributed by atoms with van der Waals surface area (Å²) in [6.07, 6.45) is 0. The third-order valence-electron chi connectivity index (χ3n) is 6.92. The number of ether oxygens (including phenoxy) is 2. The van der Waals surface area contributed by atoms with Crippen LogP contribution in [-0.2, 0) is 0 Å². The molecule has 8 nitrogen and oxygen atoms in total. The van der Waals surface area contributed by atoms with Crippen LogP contribution < -0.4 is 32.4 Å². The molecule has 0 saturated heterocycles. The highest BCUT2D eigenvalue weighted by Crippen LogP contribution is 2.39. The van der Waals surface area contributed by atoms with Crippen LogP contribution in [0.2, 0.25) is 0 Å². The number of fused-ring (bicyclic) bond motifs is 5. The second kappa shape index (κ2) is 11.2. The topological polar surface area (TPSA) is 85.1 Å². The monoisotopic (exact) mass is 564 g/mol. The molecule has 0 saturated carbocycles. The van der Waals surface area contributed by atoms with Crippen molar-refractivity contribution in [3.8, 4) is 11.5 Å². The third kappa shape index (κ3) is 5.05. The van der Waals surface area contributed by atoms with Gasteiger partial charge >= 0.3 is 5.63 Å². The van der Waals surface area contributed by atoms with Gasteiger partial charge in [-0.1, -0.05) is 55.5 Å². The van der Waals surface area contributed by atoms with E-state index >= 15 is 0 Å². The van der Waals surface area contributed by atoms with Crippen molar-refractivity contribution in [2.75, 3.05) is 44.3 Å². The van der Waals surface area contributed by atoms with Crippen molar-refractivity contribution in [2.45, 2.75) is 13.8 Å². The van der Waals surface area contributed by atoms with Gasteiger partial charge in [0.05, 0.1) is 10.2 Å². The summed E-state index contributed by atoms with van der Waals surface area (Å²) in [5.41, 5.74) is 0.486. The van der Waals surface area contributed by atoms with Gasteiger partial charge in [-0.2, -0.15) is 0 Å². The summed E-state index contributed by atoms with van der Waals surface area (Å²) in [5, 5.41) is 3.16. The Morgan fingerprint density at radius 3 is 2.46 bits per heavy atom. The number of carbonyl (C=O) groups is 1. The lowest BCUT2D eigenvalue weighted by molar-refractivity contribution is -0.0000165. The van der Waals surface area contributed by atoms with E-state index in [0.717, 1.165) is 33.9 Å². The molecule has 3 heterocycles. The van der Waals surface area contributed by atoms with Crippen LogP contribution in [0.5, 0.6) is 11.5 Å². The quantitative estimate of drug-likeness (QED) is 0.221. The molecule has 5 aromatic rings. The van der Waals surface area contributed by atoms with Gasteiger partial charge in [0.2, 0.25) is 0 Å². The number of likely N-dealkylation sites (N-methyl/N-ethyl adjacent to an activating group) is 1. The highest BCUT2D eigenvalue weighted by Gasteiger charge is 2.26. The number of halogens is 1. The Hall–Kier alpha value is -3.66. The molecule has 0 atom stereocenters. The first kappa shape index (κ1) is 26.9. The van der Waals surface area contributed by atoms with Crippen molar-refractivity contribution in [2.24, 2.45) is 0 Å². The normalized spacial score (nSPS) is 12.7. The zero-order valence-electron chi connectivity index (χ0n) is 21.6. The Morgan fingerprint density at radius 2 is 1.69 bits per heavy atom. The fourth-order valence-electron chi connectivity index (χ4n) is 4.80. The van der Waals surface area contributed by atoms with Crippen LogP contribution in [0, 0.1) is 0 Å². The van der Waals surface area contributed by atoms with E-state index in [0.29, 0.717) is 54.0 Å². The SMILES string of the molecule is CCN(CC)CCN(C(=O)c1cc2c(ccc3ccccc32)oc1=O)c1nc2cc3c(cc2s1)OCCO3.[Cl-]. The summed E-state index contributed by atoms with van der Waals surface area (Å²) in [4.78, 5) is 35.7. The predicted octanol–water partition coefficient (Wildman–Crippen LogP) is 2.32. The largest absolute Gasteiger partial charge is 1.00 e. The van der Waals surface area contributed by atoms with Gasteiger partial charge in [0, 0.05) is 30.6 Å². The molecule has 202 valence electrons. The fraction of sp³-hybridized carbons (Fsp3) is 0.276. The number of hydrogen-bond donors (Lipinski definition) is 0. The Morgan fingerprint density at radius 1 is 0.949 bits per heavy atom. The predicted molar refractivity (Wildman–Crippen MR) is 150 cm³/mol. The van der Waals surface area contributed by atoms with Crippen molar-refractivity contribution in [1.29, 1.82) is 0 Å². The molecule has 0 aliphatic carbocycles. The first-order chi connectivity index (χ1) is 18.6. The van der Waals surface area contributed by atoms with E-state index in [9.17, 15) is 9.59 Å². The Balaban J connectivity index is 0.00000308. The van der Waals surface area contributed by atoms with Crippen molar-refractivity contribution in [1.82, 2.24) is 9.88 Å². The number of anilines is 1. The molecule has 10 heteroatoms. The number of rotatable bonds is 7. The van der Waals surface area contributed by atoms with Crippen LogP contribution in [0.15, 0.2) is 63.8 Å². The van der Waals surface area contributed by atoms with Gasteiger partial charge in [-0.25, -0.2) is 9.78 Å². The molecule has 0 radical (unpaired) electrons. The van der Waals surface area contributed by atoms with E-state index in [1.54, 1.807) is 17.0 Å². The minimum absolute atomic E-state index is 0. The molecule has 0 bridgehead atoms. The Bertz CT molecular complexity index is 1690. The van der Waals surface area contributed by atoms with Crippen molar-refractivity contribution in [3.05, 3.63) is 70.6 Å². The standard InChI is InChI=1S/C29H27N3O5S.ClH/c1-3-31(4-2)11-12-32(29-30-22-16-24-25(17-26(22)38-29)36-14-13-35-24)27(33)21-15-20-19-8-6-5-7-18(19)9-10-23(20)37-28(21)34;/h5-10,15-17H,3-4,11-14H2,1-2H3;1H/p-1. The highest BCUT2D eigenvalue weighted by molar-refractivity contribution is 7.22. The smallest absolute Gasteiger partial charge is 0.349 e. The molecule has 1 amide bonds. The molecule has 0 fully saturated rings. The van der Waals surface area contributed by atoms with E-state index in [4.69, 9.17) is 18.9 Å². The van der Waals surface area contributed by atoms with Crippen LogP contribution in [0.25, 0.3) is 32.0 Å². The number of nitrogens with zero attached hydrogens (tertiary/aromatic N) is 3. The fourth-order valence-corrected chi connectivity index (χ4v) is 5.80.